The fourth-order valence-electron chi connectivity index (χ4n) is 1.88. The molecule has 0 fully saturated rings. The predicted octanol–water partition coefficient (Wildman–Crippen LogP) is 2.65. The molecular formula is C15H11N5. The highest BCUT2D eigenvalue weighted by Gasteiger charge is 2.00. The zero-order valence-corrected chi connectivity index (χ0v) is 10.6. The van der Waals surface area contributed by atoms with Crippen molar-refractivity contribution in [3.05, 3.63) is 67.3 Å². The van der Waals surface area contributed by atoms with E-state index >= 15 is 0 Å². The third kappa shape index (κ3) is 2.56. The Morgan fingerprint density at radius 1 is 0.550 bits per heavy atom. The van der Waals surface area contributed by atoms with Gasteiger partial charge < -0.3 is 0 Å². The van der Waals surface area contributed by atoms with Crippen molar-refractivity contribution in [2.24, 2.45) is 0 Å². The number of hydrogen-bond donors (Lipinski definition) is 0. The third-order valence-corrected chi connectivity index (χ3v) is 2.75. The molecule has 0 saturated heterocycles. The fourth-order valence-corrected chi connectivity index (χ4v) is 1.88. The first-order valence-electron chi connectivity index (χ1n) is 6.12. The van der Waals surface area contributed by atoms with Crippen LogP contribution in [0.25, 0.3) is 21.8 Å². The summed E-state index contributed by atoms with van der Waals surface area (Å²) in [5.74, 6) is 0. The lowest BCUT2D eigenvalue weighted by Gasteiger charge is -2.00. The second-order valence-corrected chi connectivity index (χ2v) is 4.03. The van der Waals surface area contributed by atoms with E-state index in [-0.39, 0.29) is 0 Å². The molecule has 3 aromatic heterocycles. The molecule has 5 nitrogen and oxygen atoms in total. The maximum Gasteiger partial charge on any atom is 0.0964 e. The Bertz CT molecular complexity index is 736. The number of hydrogen-bond acceptors (Lipinski definition) is 5. The minimum Gasteiger partial charge on any atom is -0.254 e. The summed E-state index contributed by atoms with van der Waals surface area (Å²) >= 11 is 0. The summed E-state index contributed by atoms with van der Waals surface area (Å²) in [6.45, 7) is 0. The summed E-state index contributed by atoms with van der Waals surface area (Å²) in [5.41, 5.74) is 1.95. The highest BCUT2D eigenvalue weighted by molar-refractivity contribution is 6.02. The van der Waals surface area contributed by atoms with Gasteiger partial charge in [0.25, 0.3) is 0 Å². The molecule has 20 heavy (non-hydrogen) atoms. The van der Waals surface area contributed by atoms with Crippen LogP contribution < -0.4 is 0 Å². The summed E-state index contributed by atoms with van der Waals surface area (Å²) in [4.78, 5) is 8.69. The molecule has 0 bridgehead atoms. The summed E-state index contributed by atoms with van der Waals surface area (Å²) in [7, 11) is 0. The van der Waals surface area contributed by atoms with Crippen molar-refractivity contribution in [2.45, 2.75) is 0 Å². The smallest absolute Gasteiger partial charge is 0.0964 e. The van der Waals surface area contributed by atoms with Crippen LogP contribution in [0.3, 0.4) is 0 Å². The quantitative estimate of drug-likeness (QED) is 0.455. The van der Waals surface area contributed by atoms with Crippen LogP contribution >= 0.6 is 0 Å². The standard InChI is InChI=1S/C12H8N2.C3H3N3/c1-3-9-5-6-10-4-2-8-14-12(10)11(9)13-7-1;1-2-4-6-5-3-1/h1-8H;1-3H. The first-order valence-corrected chi connectivity index (χ1v) is 6.12. The van der Waals surface area contributed by atoms with E-state index in [0.29, 0.717) is 0 Å². The zero-order chi connectivity index (χ0) is 13.6. The predicted molar refractivity (Wildman–Crippen MR) is 76.9 cm³/mol. The van der Waals surface area contributed by atoms with Gasteiger partial charge in [0.2, 0.25) is 0 Å². The van der Waals surface area contributed by atoms with Gasteiger partial charge in [-0.3, -0.25) is 9.97 Å². The molecule has 1 aromatic carbocycles. The number of nitrogens with zero attached hydrogens (tertiary/aromatic N) is 5. The van der Waals surface area contributed by atoms with Crippen molar-refractivity contribution in [2.75, 3.05) is 0 Å². The Labute approximate surface area is 115 Å². The van der Waals surface area contributed by atoms with Gasteiger partial charge in [0.05, 0.1) is 23.4 Å². The molecule has 0 unspecified atom stereocenters. The van der Waals surface area contributed by atoms with Gasteiger partial charge >= 0.3 is 0 Å². The Morgan fingerprint density at radius 2 is 1.10 bits per heavy atom. The maximum absolute atomic E-state index is 4.35. The highest BCUT2D eigenvalue weighted by Crippen LogP contribution is 2.20. The molecule has 0 radical (unpaired) electrons. The van der Waals surface area contributed by atoms with Crippen molar-refractivity contribution >= 4 is 21.8 Å². The van der Waals surface area contributed by atoms with E-state index in [1.807, 2.05) is 12.1 Å². The van der Waals surface area contributed by atoms with Crippen LogP contribution in [0.5, 0.6) is 0 Å². The molecule has 0 aliphatic heterocycles. The number of pyridine rings is 2. The van der Waals surface area contributed by atoms with Crippen molar-refractivity contribution in [1.29, 1.82) is 0 Å². The molecule has 5 heteroatoms. The van der Waals surface area contributed by atoms with Crippen LogP contribution in [-0.4, -0.2) is 25.4 Å². The first-order chi connectivity index (χ1) is 9.95. The number of benzene rings is 1. The summed E-state index contributed by atoms with van der Waals surface area (Å²) in [6, 6.07) is 13.9. The van der Waals surface area contributed by atoms with Gasteiger partial charge in [-0.25, -0.2) is 0 Å². The van der Waals surface area contributed by atoms with Crippen LogP contribution in [0.1, 0.15) is 0 Å². The molecule has 96 valence electrons. The fraction of sp³-hybridized carbons (Fsp3) is 0. The average molecular weight is 261 g/mol. The van der Waals surface area contributed by atoms with Gasteiger partial charge in [-0.2, -0.15) is 0 Å². The van der Waals surface area contributed by atoms with E-state index in [4.69, 9.17) is 0 Å². The number of rotatable bonds is 0. The maximum atomic E-state index is 4.35. The van der Waals surface area contributed by atoms with Crippen molar-refractivity contribution in [3.8, 4) is 0 Å². The normalized spacial score (nSPS) is 10.0. The van der Waals surface area contributed by atoms with Gasteiger partial charge in [-0.1, -0.05) is 24.3 Å². The van der Waals surface area contributed by atoms with Crippen LogP contribution in [0.15, 0.2) is 67.3 Å². The lowest BCUT2D eigenvalue weighted by Crippen LogP contribution is -1.83. The van der Waals surface area contributed by atoms with Gasteiger partial charge in [0.15, 0.2) is 0 Å². The van der Waals surface area contributed by atoms with Crippen molar-refractivity contribution < 1.29 is 0 Å². The van der Waals surface area contributed by atoms with E-state index in [1.54, 1.807) is 30.9 Å². The Kier molecular flexibility index (Phi) is 3.51. The van der Waals surface area contributed by atoms with E-state index in [1.165, 1.54) is 0 Å². The Balaban J connectivity index is 0.000000170. The monoisotopic (exact) mass is 261 g/mol. The largest absolute Gasteiger partial charge is 0.254 e. The van der Waals surface area contributed by atoms with Gasteiger partial charge in [-0.15, -0.1) is 10.2 Å². The van der Waals surface area contributed by atoms with Gasteiger partial charge in [0, 0.05) is 23.2 Å². The molecule has 3 heterocycles. The molecule has 0 atom stereocenters. The lowest BCUT2D eigenvalue weighted by molar-refractivity contribution is 0.865. The Morgan fingerprint density at radius 3 is 1.50 bits per heavy atom. The summed E-state index contributed by atoms with van der Waals surface area (Å²) < 4.78 is 0. The topological polar surface area (TPSA) is 64.5 Å². The molecule has 0 aliphatic carbocycles. The SMILES string of the molecule is c1cnc2c(c1)ccc1cccnc12.c1cnnnc1. The summed E-state index contributed by atoms with van der Waals surface area (Å²) in [6.07, 6.45) is 6.76. The van der Waals surface area contributed by atoms with Crippen LogP contribution in [0, 0.1) is 0 Å². The molecule has 0 N–H and O–H groups in total. The third-order valence-electron chi connectivity index (χ3n) is 2.75. The molecule has 0 saturated carbocycles. The zero-order valence-electron chi connectivity index (χ0n) is 10.6. The number of aromatic nitrogens is 5. The molecule has 4 aromatic rings. The Hall–Kier alpha value is -2.95. The molecular weight excluding hydrogens is 250 g/mol. The lowest BCUT2D eigenvalue weighted by atomic mass is 10.1. The van der Waals surface area contributed by atoms with Crippen molar-refractivity contribution in [1.82, 2.24) is 25.4 Å². The minimum absolute atomic E-state index is 0.977. The van der Waals surface area contributed by atoms with Crippen LogP contribution in [-0.2, 0) is 0 Å². The van der Waals surface area contributed by atoms with Gasteiger partial charge in [0.1, 0.15) is 0 Å². The van der Waals surface area contributed by atoms with E-state index < -0.39 is 0 Å². The number of fused-ring (bicyclic) bond motifs is 3. The second kappa shape index (κ2) is 5.79. The van der Waals surface area contributed by atoms with E-state index in [0.717, 1.165) is 21.8 Å². The van der Waals surface area contributed by atoms with Gasteiger partial charge in [-0.05, 0) is 23.4 Å². The molecule has 0 aliphatic rings. The average Bonchev–Trinajstić information content (AvgIpc) is 2.57. The molecule has 0 spiro atoms. The van der Waals surface area contributed by atoms with E-state index in [2.05, 4.69) is 49.6 Å². The summed E-state index contributed by atoms with van der Waals surface area (Å²) in [5, 5.41) is 12.4. The van der Waals surface area contributed by atoms with E-state index in [9.17, 15) is 0 Å². The minimum atomic E-state index is 0.977. The first kappa shape index (κ1) is 12.1. The van der Waals surface area contributed by atoms with Crippen molar-refractivity contribution in [3.63, 3.8) is 0 Å². The second-order valence-electron chi connectivity index (χ2n) is 4.03. The van der Waals surface area contributed by atoms with Crippen LogP contribution in [0.4, 0.5) is 0 Å². The highest BCUT2D eigenvalue weighted by atomic mass is 15.3. The molecule has 4 rings (SSSR count). The van der Waals surface area contributed by atoms with Crippen LogP contribution in [0.2, 0.25) is 0 Å². The molecule has 0 amide bonds.